The van der Waals surface area contributed by atoms with E-state index in [9.17, 15) is 43.5 Å². The SMILES string of the molecule is CC/C=C\C/C=C\C/C=C\C/C=C\C/C=C\CCCC(=O)OCC(COP(=O)(O)OCC(O)COP(=O)(O)OCC(O)COC(=O)CCCCCCCCCCCCC/C=C\C/C=C\C/C=C\C/C=C\CCCCC)OC(=O)CCCCCC/C=C\C/C=C\C/C=C\C/C=C\CC. The van der Waals surface area contributed by atoms with Gasteiger partial charge in [-0.05, 0) is 141 Å². The Balaban J connectivity index is 4.64. The van der Waals surface area contributed by atoms with Crippen LogP contribution >= 0.6 is 15.6 Å². The fourth-order valence-electron chi connectivity index (χ4n) is 9.17. The zero-order chi connectivity index (χ0) is 70.9. The molecular formula is C79H130O16P2. The summed E-state index contributed by atoms with van der Waals surface area (Å²) in [6.07, 6.45) is 87.3. The molecular weight excluding hydrogens is 1270 g/mol. The third-order valence-corrected chi connectivity index (χ3v) is 16.6. The lowest BCUT2D eigenvalue weighted by Gasteiger charge is -2.21. The maximum atomic E-state index is 12.9. The summed E-state index contributed by atoms with van der Waals surface area (Å²) in [7, 11) is -9.82. The average Bonchev–Trinajstić information content (AvgIpc) is 2.38. The molecule has 0 bridgehead atoms. The Hall–Kier alpha value is -4.83. The maximum Gasteiger partial charge on any atom is 0.472 e. The van der Waals surface area contributed by atoms with Crippen LogP contribution in [0.3, 0.4) is 0 Å². The molecule has 5 unspecified atom stereocenters. The van der Waals surface area contributed by atoms with Gasteiger partial charge in [0.25, 0.3) is 0 Å². The largest absolute Gasteiger partial charge is 0.472 e. The number of phosphoric acid groups is 2. The van der Waals surface area contributed by atoms with Crippen LogP contribution in [0.1, 0.15) is 265 Å². The monoisotopic (exact) mass is 1400 g/mol. The molecule has 0 radical (unpaired) electrons. The van der Waals surface area contributed by atoms with Crippen LogP contribution in [0.25, 0.3) is 0 Å². The van der Waals surface area contributed by atoms with E-state index in [0.29, 0.717) is 25.7 Å². The molecule has 5 atom stereocenters. The number of rotatable bonds is 68. The number of carbonyl (C=O) groups is 3. The molecule has 0 aliphatic carbocycles. The number of hydrogen-bond acceptors (Lipinski definition) is 14. The van der Waals surface area contributed by atoms with Crippen LogP contribution in [-0.2, 0) is 55.8 Å². The second kappa shape index (κ2) is 71.0. The molecule has 0 amide bonds. The summed E-state index contributed by atoms with van der Waals surface area (Å²) < 4.78 is 60.9. The Labute approximate surface area is 587 Å². The van der Waals surface area contributed by atoms with Crippen LogP contribution in [0, 0.1) is 0 Å². The van der Waals surface area contributed by atoms with Crippen molar-refractivity contribution in [2.24, 2.45) is 0 Å². The van der Waals surface area contributed by atoms with Gasteiger partial charge in [0.05, 0.1) is 26.4 Å². The molecule has 16 nitrogen and oxygen atoms in total. The van der Waals surface area contributed by atoms with E-state index in [-0.39, 0.29) is 19.3 Å². The molecule has 0 saturated carbocycles. The minimum Gasteiger partial charge on any atom is -0.463 e. The summed E-state index contributed by atoms with van der Waals surface area (Å²) in [6, 6.07) is 0. The van der Waals surface area contributed by atoms with Gasteiger partial charge in [-0.25, -0.2) is 9.13 Å². The van der Waals surface area contributed by atoms with Crippen molar-refractivity contribution in [3.63, 3.8) is 0 Å². The number of allylic oxidation sites excluding steroid dienone is 26. The van der Waals surface area contributed by atoms with Crippen LogP contribution in [-0.4, -0.2) is 95.9 Å². The molecule has 552 valence electrons. The minimum atomic E-state index is -4.95. The van der Waals surface area contributed by atoms with Gasteiger partial charge in [0.2, 0.25) is 0 Å². The van der Waals surface area contributed by atoms with Crippen LogP contribution in [0.4, 0.5) is 0 Å². The predicted octanol–water partition coefficient (Wildman–Crippen LogP) is 21.1. The van der Waals surface area contributed by atoms with Crippen molar-refractivity contribution in [1.29, 1.82) is 0 Å². The number of aliphatic hydroxyl groups excluding tert-OH is 2. The average molecular weight is 1400 g/mol. The second-order valence-electron chi connectivity index (χ2n) is 24.0. The minimum absolute atomic E-state index is 0.0584. The highest BCUT2D eigenvalue weighted by Crippen LogP contribution is 2.45. The molecule has 0 aliphatic rings. The van der Waals surface area contributed by atoms with E-state index in [1.165, 1.54) is 70.6 Å². The standard InChI is InChI=1S/C79H130O16P2/c1-4-7-10-13-16-19-22-25-28-31-32-33-34-35-36-37-38-39-40-43-45-47-50-53-56-59-62-65-77(82)89-68-74(80)69-91-96(85,86)92-70-75(81)71-93-97(87,88)94-73-76(95-79(84)67-64-61-58-55-52-49-46-42-30-27-24-21-18-15-12-9-6-3)72-90-78(83)66-63-60-57-54-51-48-44-41-29-26-23-20-17-14-11-8-5-2/h8-9,11-12,16-21,25-30,32-33,35-36,44,46,48-49,54,57,74-76,80-81H,4-7,10,13-15,22-24,31,34,37-43,45,47,50-53,55-56,58-73H2,1-3H3,(H,85,86)(H,87,88)/b11-8-,12-9-,19-16-,20-17-,21-18-,28-25-,29-26-,30-27-,33-32-,36-35-,48-44-,49-46-,57-54-. The van der Waals surface area contributed by atoms with Crippen molar-refractivity contribution < 1.29 is 75.8 Å². The van der Waals surface area contributed by atoms with Crippen molar-refractivity contribution in [1.82, 2.24) is 0 Å². The Morgan fingerprint density at radius 2 is 0.557 bits per heavy atom. The molecule has 97 heavy (non-hydrogen) atoms. The summed E-state index contributed by atoms with van der Waals surface area (Å²) in [4.78, 5) is 58.5. The number of unbranched alkanes of at least 4 members (excludes halogenated alkanes) is 19. The molecule has 0 heterocycles. The normalized spacial score (nSPS) is 15.0. The molecule has 0 aromatic carbocycles. The van der Waals surface area contributed by atoms with Gasteiger partial charge in [0.1, 0.15) is 25.4 Å². The Kier molecular flexibility index (Phi) is 67.5. The van der Waals surface area contributed by atoms with Crippen molar-refractivity contribution in [3.05, 3.63) is 158 Å². The van der Waals surface area contributed by atoms with E-state index in [0.717, 1.165) is 128 Å². The van der Waals surface area contributed by atoms with E-state index in [1.807, 2.05) is 12.2 Å². The van der Waals surface area contributed by atoms with Crippen molar-refractivity contribution in [2.75, 3.05) is 39.6 Å². The molecule has 0 spiro atoms. The van der Waals surface area contributed by atoms with Gasteiger partial charge in [-0.1, -0.05) is 262 Å². The molecule has 0 rings (SSSR count). The van der Waals surface area contributed by atoms with Crippen LogP contribution < -0.4 is 0 Å². The second-order valence-corrected chi connectivity index (χ2v) is 26.9. The summed E-state index contributed by atoms with van der Waals surface area (Å²) in [5.74, 6) is -1.68. The first-order valence-electron chi connectivity index (χ1n) is 36.8. The molecule has 0 aromatic heterocycles. The predicted molar refractivity (Wildman–Crippen MR) is 399 cm³/mol. The number of carbonyl (C=O) groups excluding carboxylic acids is 3. The van der Waals surface area contributed by atoms with E-state index in [2.05, 4.69) is 167 Å². The number of esters is 3. The van der Waals surface area contributed by atoms with E-state index < -0.39 is 91.5 Å². The van der Waals surface area contributed by atoms with Gasteiger partial charge < -0.3 is 34.2 Å². The lowest BCUT2D eigenvalue weighted by Crippen LogP contribution is -2.30. The van der Waals surface area contributed by atoms with Gasteiger partial charge in [-0.3, -0.25) is 32.5 Å². The van der Waals surface area contributed by atoms with Crippen molar-refractivity contribution in [2.45, 2.75) is 283 Å². The van der Waals surface area contributed by atoms with Crippen molar-refractivity contribution in [3.8, 4) is 0 Å². The topological polar surface area (TPSA) is 231 Å². The van der Waals surface area contributed by atoms with Crippen LogP contribution in [0.5, 0.6) is 0 Å². The molecule has 4 N–H and O–H groups in total. The maximum absolute atomic E-state index is 12.9. The quantitative estimate of drug-likeness (QED) is 0.0146. The third-order valence-electron chi connectivity index (χ3n) is 14.7. The fraction of sp³-hybridized carbons (Fsp3) is 0.633. The van der Waals surface area contributed by atoms with Gasteiger partial charge in [0, 0.05) is 19.3 Å². The first kappa shape index (κ1) is 92.2. The lowest BCUT2D eigenvalue weighted by molar-refractivity contribution is -0.161. The molecule has 0 fully saturated rings. The Morgan fingerprint density at radius 1 is 0.299 bits per heavy atom. The molecule has 18 heteroatoms. The number of hydrogen-bond donors (Lipinski definition) is 4. The summed E-state index contributed by atoms with van der Waals surface area (Å²) in [5, 5.41) is 20.6. The smallest absolute Gasteiger partial charge is 0.463 e. The van der Waals surface area contributed by atoms with E-state index >= 15 is 0 Å². The number of aliphatic hydroxyl groups is 2. The Bertz CT molecular complexity index is 2400. The number of phosphoric ester groups is 2. The zero-order valence-electron chi connectivity index (χ0n) is 59.9. The molecule has 0 aliphatic heterocycles. The summed E-state index contributed by atoms with van der Waals surface area (Å²) in [5.41, 5.74) is 0. The van der Waals surface area contributed by atoms with Gasteiger partial charge in [0.15, 0.2) is 6.10 Å². The van der Waals surface area contributed by atoms with E-state index in [4.69, 9.17) is 32.3 Å². The zero-order valence-corrected chi connectivity index (χ0v) is 61.7. The first-order valence-corrected chi connectivity index (χ1v) is 39.8. The van der Waals surface area contributed by atoms with Gasteiger partial charge in [-0.2, -0.15) is 0 Å². The summed E-state index contributed by atoms with van der Waals surface area (Å²) in [6.45, 7) is 2.30. The van der Waals surface area contributed by atoms with Crippen LogP contribution in [0.2, 0.25) is 0 Å². The van der Waals surface area contributed by atoms with Gasteiger partial charge in [-0.15, -0.1) is 0 Å². The summed E-state index contributed by atoms with van der Waals surface area (Å²) >= 11 is 0. The first-order chi connectivity index (χ1) is 47.2. The van der Waals surface area contributed by atoms with Gasteiger partial charge >= 0.3 is 33.6 Å². The molecule has 0 aromatic rings. The van der Waals surface area contributed by atoms with E-state index in [1.54, 1.807) is 0 Å². The highest BCUT2D eigenvalue weighted by molar-refractivity contribution is 7.47. The van der Waals surface area contributed by atoms with Crippen molar-refractivity contribution >= 4 is 33.6 Å². The molecule has 0 saturated heterocycles. The van der Waals surface area contributed by atoms with Crippen LogP contribution in [0.15, 0.2) is 158 Å². The highest BCUT2D eigenvalue weighted by Gasteiger charge is 2.29. The fourth-order valence-corrected chi connectivity index (χ4v) is 10.8. The third kappa shape index (κ3) is 72.2. The number of ether oxygens (including phenoxy) is 3. The highest BCUT2D eigenvalue weighted by atomic mass is 31.2. The lowest BCUT2D eigenvalue weighted by atomic mass is 10.0. The Morgan fingerprint density at radius 3 is 0.907 bits per heavy atom.